The predicted octanol–water partition coefficient (Wildman–Crippen LogP) is 3.15. The van der Waals surface area contributed by atoms with Gasteiger partial charge in [0.2, 0.25) is 0 Å². The summed E-state index contributed by atoms with van der Waals surface area (Å²) >= 11 is 7.03. The summed E-state index contributed by atoms with van der Waals surface area (Å²) in [5, 5.41) is 0. The summed E-state index contributed by atoms with van der Waals surface area (Å²) in [5.41, 5.74) is 0.455. The molecule has 0 N–H and O–H groups in total. The second-order valence-corrected chi connectivity index (χ2v) is 4.82. The number of halogens is 1. The van der Waals surface area contributed by atoms with Crippen molar-refractivity contribution in [2.45, 2.75) is 18.7 Å². The number of hydrogen-bond donors (Lipinski definition) is 0. The van der Waals surface area contributed by atoms with E-state index in [1.165, 1.54) is 6.92 Å². The molecule has 0 fully saturated rings. The van der Waals surface area contributed by atoms with Crippen molar-refractivity contribution >= 4 is 35.1 Å². The molecule has 17 heavy (non-hydrogen) atoms. The maximum absolute atomic E-state index is 11.4. The fourth-order valence-electron chi connectivity index (χ4n) is 1.27. The SMILES string of the molecule is CCSc1ccc(C(=O)CCl)cc1OC(C)=O. The standard InChI is InChI=1S/C12H13ClO3S/c1-3-17-12-5-4-9(10(15)7-13)6-11(12)16-8(2)14/h4-6H,3,7H2,1-2H3. The van der Waals surface area contributed by atoms with E-state index in [-0.39, 0.29) is 11.7 Å². The molecular weight excluding hydrogens is 260 g/mol. The first-order chi connectivity index (χ1) is 8.08. The van der Waals surface area contributed by atoms with E-state index in [0.29, 0.717) is 11.3 Å². The monoisotopic (exact) mass is 272 g/mol. The van der Waals surface area contributed by atoms with Gasteiger partial charge in [0.1, 0.15) is 5.75 Å². The molecule has 0 spiro atoms. The van der Waals surface area contributed by atoms with Crippen LogP contribution in [0, 0.1) is 0 Å². The van der Waals surface area contributed by atoms with E-state index in [1.807, 2.05) is 6.92 Å². The lowest BCUT2D eigenvalue weighted by Gasteiger charge is -2.09. The van der Waals surface area contributed by atoms with Crippen LogP contribution < -0.4 is 4.74 Å². The zero-order chi connectivity index (χ0) is 12.8. The first-order valence-electron chi connectivity index (χ1n) is 5.13. The van der Waals surface area contributed by atoms with Crippen LogP contribution in [-0.2, 0) is 4.79 Å². The van der Waals surface area contributed by atoms with Crippen LogP contribution in [0.3, 0.4) is 0 Å². The molecule has 92 valence electrons. The van der Waals surface area contributed by atoms with Gasteiger partial charge >= 0.3 is 5.97 Å². The van der Waals surface area contributed by atoms with Crippen molar-refractivity contribution < 1.29 is 14.3 Å². The van der Waals surface area contributed by atoms with Crippen LogP contribution in [0.25, 0.3) is 0 Å². The summed E-state index contributed by atoms with van der Waals surface area (Å²) in [6.07, 6.45) is 0. The summed E-state index contributed by atoms with van der Waals surface area (Å²) < 4.78 is 5.08. The molecule has 0 heterocycles. The zero-order valence-corrected chi connectivity index (χ0v) is 11.2. The van der Waals surface area contributed by atoms with Gasteiger partial charge in [0.05, 0.1) is 10.8 Å². The summed E-state index contributed by atoms with van der Waals surface area (Å²) in [6, 6.07) is 5.02. The summed E-state index contributed by atoms with van der Waals surface area (Å²) in [7, 11) is 0. The van der Waals surface area contributed by atoms with Gasteiger partial charge < -0.3 is 4.74 Å². The topological polar surface area (TPSA) is 43.4 Å². The highest BCUT2D eigenvalue weighted by Crippen LogP contribution is 2.30. The Labute approximate surface area is 109 Å². The third-order valence-corrected chi connectivity index (χ3v) is 3.12. The highest BCUT2D eigenvalue weighted by molar-refractivity contribution is 7.99. The third kappa shape index (κ3) is 4.06. The van der Waals surface area contributed by atoms with Crippen molar-refractivity contribution in [1.82, 2.24) is 0 Å². The number of esters is 1. The normalized spacial score (nSPS) is 10.1. The van der Waals surface area contributed by atoms with Gasteiger partial charge in [-0.2, -0.15) is 0 Å². The fraction of sp³-hybridized carbons (Fsp3) is 0.333. The molecule has 5 heteroatoms. The van der Waals surface area contributed by atoms with Gasteiger partial charge in [0.25, 0.3) is 0 Å². The molecule has 1 aromatic carbocycles. The van der Waals surface area contributed by atoms with Gasteiger partial charge in [-0.15, -0.1) is 23.4 Å². The lowest BCUT2D eigenvalue weighted by molar-refractivity contribution is -0.132. The molecular formula is C12H13ClO3S. The van der Waals surface area contributed by atoms with Gasteiger partial charge in [0.15, 0.2) is 5.78 Å². The number of Topliss-reactive ketones (excluding diaryl/α,β-unsaturated/α-hetero) is 1. The number of thioether (sulfide) groups is 1. The van der Waals surface area contributed by atoms with Crippen LogP contribution in [0.1, 0.15) is 24.2 Å². The first-order valence-corrected chi connectivity index (χ1v) is 6.65. The molecule has 0 aromatic heterocycles. The number of rotatable bonds is 5. The van der Waals surface area contributed by atoms with Crippen molar-refractivity contribution in [2.24, 2.45) is 0 Å². The predicted molar refractivity (Wildman–Crippen MR) is 69.2 cm³/mol. The average Bonchev–Trinajstić information content (AvgIpc) is 2.30. The molecule has 1 aromatic rings. The van der Waals surface area contributed by atoms with Gasteiger partial charge in [-0.3, -0.25) is 9.59 Å². The highest BCUT2D eigenvalue weighted by atomic mass is 35.5. The minimum absolute atomic E-state index is 0.0836. The molecule has 3 nitrogen and oxygen atoms in total. The Kier molecular flexibility index (Phi) is 5.51. The Morgan fingerprint density at radius 1 is 1.41 bits per heavy atom. The van der Waals surface area contributed by atoms with Gasteiger partial charge in [-0.25, -0.2) is 0 Å². The number of ether oxygens (including phenoxy) is 1. The van der Waals surface area contributed by atoms with Crippen LogP contribution in [0.15, 0.2) is 23.1 Å². The number of benzene rings is 1. The number of hydrogen-bond acceptors (Lipinski definition) is 4. The molecule has 0 unspecified atom stereocenters. The molecule has 0 atom stereocenters. The summed E-state index contributed by atoms with van der Waals surface area (Å²) in [5.74, 6) is 0.600. The highest BCUT2D eigenvalue weighted by Gasteiger charge is 2.11. The lowest BCUT2D eigenvalue weighted by atomic mass is 10.1. The Morgan fingerprint density at radius 3 is 2.65 bits per heavy atom. The molecule has 0 aliphatic carbocycles. The van der Waals surface area contributed by atoms with Crippen molar-refractivity contribution in [3.63, 3.8) is 0 Å². The number of ketones is 1. The van der Waals surface area contributed by atoms with Crippen LogP contribution in [0.4, 0.5) is 0 Å². The van der Waals surface area contributed by atoms with Crippen LogP contribution in [0.2, 0.25) is 0 Å². The van der Waals surface area contributed by atoms with Gasteiger partial charge in [0, 0.05) is 12.5 Å². The zero-order valence-electron chi connectivity index (χ0n) is 9.66. The molecule has 0 bridgehead atoms. The van der Waals surface area contributed by atoms with Gasteiger partial charge in [-0.05, 0) is 24.0 Å². The number of carbonyl (C=O) groups excluding carboxylic acids is 2. The molecule has 0 radical (unpaired) electrons. The van der Waals surface area contributed by atoms with Crippen molar-refractivity contribution in [3.8, 4) is 5.75 Å². The number of alkyl halides is 1. The lowest BCUT2D eigenvalue weighted by Crippen LogP contribution is -2.05. The van der Waals surface area contributed by atoms with Crippen LogP contribution >= 0.6 is 23.4 Å². The maximum atomic E-state index is 11.4. The summed E-state index contributed by atoms with van der Waals surface area (Å²) in [4.78, 5) is 23.3. The van der Waals surface area contributed by atoms with E-state index < -0.39 is 5.97 Å². The minimum Gasteiger partial charge on any atom is -0.426 e. The van der Waals surface area contributed by atoms with Crippen molar-refractivity contribution in [2.75, 3.05) is 11.6 Å². The van der Waals surface area contributed by atoms with Crippen LogP contribution in [-0.4, -0.2) is 23.4 Å². The molecule has 0 saturated heterocycles. The Hall–Kier alpha value is -1.00. The quantitative estimate of drug-likeness (QED) is 0.272. The van der Waals surface area contributed by atoms with Crippen molar-refractivity contribution in [3.05, 3.63) is 23.8 Å². The van der Waals surface area contributed by atoms with E-state index in [0.717, 1.165) is 10.6 Å². The average molecular weight is 273 g/mol. The smallest absolute Gasteiger partial charge is 0.308 e. The second kappa shape index (κ2) is 6.67. The van der Waals surface area contributed by atoms with E-state index >= 15 is 0 Å². The van der Waals surface area contributed by atoms with Crippen molar-refractivity contribution in [1.29, 1.82) is 0 Å². The third-order valence-electron chi connectivity index (χ3n) is 1.94. The van der Waals surface area contributed by atoms with Crippen LogP contribution in [0.5, 0.6) is 5.75 Å². The Bertz CT molecular complexity index is 432. The maximum Gasteiger partial charge on any atom is 0.308 e. The Morgan fingerprint density at radius 2 is 2.12 bits per heavy atom. The van der Waals surface area contributed by atoms with E-state index in [1.54, 1.807) is 30.0 Å². The Balaban J connectivity index is 3.09. The minimum atomic E-state index is -0.404. The largest absolute Gasteiger partial charge is 0.426 e. The van der Waals surface area contributed by atoms with E-state index in [2.05, 4.69) is 0 Å². The van der Waals surface area contributed by atoms with E-state index in [4.69, 9.17) is 16.3 Å². The molecule has 0 aliphatic heterocycles. The molecule has 0 aliphatic rings. The fourth-order valence-corrected chi connectivity index (χ4v) is 2.14. The molecule has 1 rings (SSSR count). The first kappa shape index (κ1) is 14.1. The summed E-state index contributed by atoms with van der Waals surface area (Å²) in [6.45, 7) is 3.33. The van der Waals surface area contributed by atoms with E-state index in [9.17, 15) is 9.59 Å². The molecule has 0 saturated carbocycles. The van der Waals surface area contributed by atoms with Gasteiger partial charge in [-0.1, -0.05) is 6.92 Å². The number of carbonyl (C=O) groups is 2. The second-order valence-electron chi connectivity index (χ2n) is 3.24. The molecule has 0 amide bonds.